The number of fused-ring (bicyclic) bond motifs is 2. The number of nitrogens with zero attached hydrogens (tertiary/aromatic N) is 7. The van der Waals surface area contributed by atoms with Gasteiger partial charge in [-0.1, -0.05) is 6.92 Å². The lowest BCUT2D eigenvalue weighted by Gasteiger charge is -2.40. The predicted octanol–water partition coefficient (Wildman–Crippen LogP) is 3.62. The Morgan fingerprint density at radius 3 is 2.35 bits per heavy atom. The largest absolute Gasteiger partial charge is 0.389 e. The molecule has 3 atom stereocenters. The van der Waals surface area contributed by atoms with Crippen molar-refractivity contribution in [3.63, 3.8) is 0 Å². The molecule has 5 aromatic rings. The summed E-state index contributed by atoms with van der Waals surface area (Å²) in [6, 6.07) is 11.0. The van der Waals surface area contributed by atoms with Crippen LogP contribution in [0.5, 0.6) is 0 Å². The number of piperazine rings is 1. The SMILES string of the molecule is CCN(C)S(=O)(=O)Nc1ccc(F)c(C(=O)c2c[nH]c3ncc(-c4ccc(N5CCN(C(=O)CC6(O)CCN(c7ccc(NC8CCC(=O)NC9OC89)cn7)CC6)CC5)nc4)cc23)c1F. The molecule has 3 unspecified atom stereocenters. The van der Waals surface area contributed by atoms with Gasteiger partial charge in [-0.25, -0.2) is 23.7 Å². The van der Waals surface area contributed by atoms with E-state index in [0.717, 1.165) is 27.9 Å². The van der Waals surface area contributed by atoms with Crippen LogP contribution in [0, 0.1) is 11.6 Å². The van der Waals surface area contributed by atoms with Gasteiger partial charge in [0.1, 0.15) is 29.2 Å². The first-order valence-corrected chi connectivity index (χ1v) is 23.0. The molecular weight excluding hydrogens is 865 g/mol. The molecule has 0 aliphatic carbocycles. The van der Waals surface area contributed by atoms with Crippen molar-refractivity contribution in [3.8, 4) is 11.1 Å². The van der Waals surface area contributed by atoms with Gasteiger partial charge in [0.25, 0.3) is 0 Å². The van der Waals surface area contributed by atoms with Gasteiger partial charge >= 0.3 is 10.2 Å². The number of aromatic amines is 1. The molecule has 2 amide bonds. The number of H-pyrrole nitrogens is 1. The molecule has 0 radical (unpaired) electrons. The van der Waals surface area contributed by atoms with Crippen LogP contribution in [0.4, 0.5) is 31.8 Å². The van der Waals surface area contributed by atoms with E-state index in [0.29, 0.717) is 92.9 Å². The van der Waals surface area contributed by atoms with Crippen molar-refractivity contribution in [1.29, 1.82) is 0 Å². The zero-order chi connectivity index (χ0) is 45.6. The molecule has 18 nitrogen and oxygen atoms in total. The molecule has 1 aromatic carbocycles. The molecule has 0 spiro atoms. The standard InChI is InChI=1S/C44H49F2N11O7S/c1-3-54(2)65(62,63)53-32-7-6-31(45)38(39(32)46)40(60)30-25-50-42-29(30)20-27(23-49-42)26-4-9-34(47-22-26)56-16-18-57(19-17-56)37(59)21-44(61)12-14-55(15-13-44)35-10-5-28(24-48-35)51-33-8-11-36(58)52-43-41(33)64-43/h4-7,9-10,20,22-25,33,41,43,51,53,61H,3,8,11-19,21H2,1-2H3,(H,49,50)(H,52,58). The molecule has 4 aliphatic heterocycles. The number of rotatable bonds is 13. The van der Waals surface area contributed by atoms with Crippen LogP contribution in [0.15, 0.2) is 67.3 Å². The highest BCUT2D eigenvalue weighted by atomic mass is 32.2. The van der Waals surface area contributed by atoms with E-state index in [1.807, 2.05) is 24.3 Å². The van der Waals surface area contributed by atoms with Gasteiger partial charge in [0.05, 0.1) is 41.2 Å². The molecule has 9 rings (SSSR count). The first-order chi connectivity index (χ1) is 31.2. The average Bonchev–Trinajstić information content (AvgIpc) is 3.97. The van der Waals surface area contributed by atoms with Gasteiger partial charge in [0.15, 0.2) is 12.0 Å². The van der Waals surface area contributed by atoms with E-state index >= 15 is 8.78 Å². The summed E-state index contributed by atoms with van der Waals surface area (Å²) < 4.78 is 64.4. The second kappa shape index (κ2) is 17.6. The molecule has 4 saturated heterocycles. The number of ether oxygens (including phenoxy) is 1. The average molecular weight is 914 g/mol. The number of aliphatic hydroxyl groups is 1. The number of hydrogen-bond donors (Lipinski definition) is 5. The molecule has 21 heteroatoms. The van der Waals surface area contributed by atoms with Crippen LogP contribution >= 0.6 is 0 Å². The van der Waals surface area contributed by atoms with Gasteiger partial charge in [0.2, 0.25) is 17.6 Å². The maximum atomic E-state index is 15.6. The van der Waals surface area contributed by atoms with Crippen LogP contribution in [-0.2, 0) is 24.5 Å². The van der Waals surface area contributed by atoms with Crippen LogP contribution in [0.3, 0.4) is 0 Å². The Morgan fingerprint density at radius 2 is 1.66 bits per heavy atom. The van der Waals surface area contributed by atoms with Gasteiger partial charge in [-0.2, -0.15) is 12.7 Å². The summed E-state index contributed by atoms with van der Waals surface area (Å²) in [4.78, 5) is 61.5. The quantitative estimate of drug-likeness (QED) is 0.0843. The molecule has 65 heavy (non-hydrogen) atoms. The normalized spacial score (nSPS) is 20.9. The maximum Gasteiger partial charge on any atom is 0.301 e. The third-order valence-electron chi connectivity index (χ3n) is 12.7. The Morgan fingerprint density at radius 1 is 0.954 bits per heavy atom. The zero-order valence-corrected chi connectivity index (χ0v) is 36.6. The molecule has 0 saturated carbocycles. The van der Waals surface area contributed by atoms with Gasteiger partial charge in [-0.15, -0.1) is 0 Å². The number of hydrogen-bond acceptors (Lipinski definition) is 13. The Balaban J connectivity index is 0.775. The number of epoxide rings is 1. The minimum absolute atomic E-state index is 0.00152. The smallest absolute Gasteiger partial charge is 0.301 e. The number of aromatic nitrogens is 4. The van der Waals surface area contributed by atoms with Gasteiger partial charge in [0, 0.05) is 99.9 Å². The van der Waals surface area contributed by atoms with Crippen LogP contribution in [-0.4, -0.2) is 137 Å². The second-order valence-electron chi connectivity index (χ2n) is 16.9. The summed E-state index contributed by atoms with van der Waals surface area (Å²) in [6.45, 7) is 4.81. The number of nitrogens with one attached hydrogen (secondary N) is 4. The molecular formula is C44H49F2N11O7S. The van der Waals surface area contributed by atoms with E-state index in [4.69, 9.17) is 4.74 Å². The van der Waals surface area contributed by atoms with E-state index in [2.05, 4.69) is 45.1 Å². The van der Waals surface area contributed by atoms with Crippen molar-refractivity contribution in [1.82, 2.24) is 34.5 Å². The highest BCUT2D eigenvalue weighted by Crippen LogP contribution is 2.34. The Labute approximate surface area is 373 Å². The summed E-state index contributed by atoms with van der Waals surface area (Å²) in [5, 5.41) is 18.1. The zero-order valence-electron chi connectivity index (χ0n) is 35.8. The van der Waals surface area contributed by atoms with E-state index in [-0.39, 0.29) is 48.7 Å². The number of piperidine rings is 1. The first kappa shape index (κ1) is 43.9. The van der Waals surface area contributed by atoms with Gasteiger partial charge in [-0.3, -0.25) is 19.1 Å². The lowest BCUT2D eigenvalue weighted by atomic mass is 9.87. The third-order valence-corrected chi connectivity index (χ3v) is 14.3. The number of halogens is 2. The number of carbonyl (C=O) groups is 3. The van der Waals surface area contributed by atoms with Crippen molar-refractivity contribution in [2.75, 3.05) is 72.7 Å². The summed E-state index contributed by atoms with van der Waals surface area (Å²) in [5.41, 5.74) is -0.250. The van der Waals surface area contributed by atoms with Crippen LogP contribution in [0.2, 0.25) is 0 Å². The molecule has 4 aliphatic rings. The van der Waals surface area contributed by atoms with E-state index in [1.54, 1.807) is 36.5 Å². The van der Waals surface area contributed by atoms with Crippen LogP contribution in [0.25, 0.3) is 22.2 Å². The van der Waals surface area contributed by atoms with Crippen molar-refractivity contribution < 1.29 is 41.4 Å². The van der Waals surface area contributed by atoms with Gasteiger partial charge in [-0.05, 0) is 61.7 Å². The third kappa shape index (κ3) is 9.18. The topological polar surface area (TPSA) is 222 Å². The molecule has 4 aromatic heterocycles. The maximum absolute atomic E-state index is 15.6. The Hall–Kier alpha value is -6.29. The van der Waals surface area contributed by atoms with Crippen molar-refractivity contribution in [2.45, 2.75) is 63.0 Å². The van der Waals surface area contributed by atoms with Crippen molar-refractivity contribution >= 4 is 61.9 Å². The van der Waals surface area contributed by atoms with Crippen LogP contribution < -0.4 is 25.2 Å². The minimum atomic E-state index is -4.15. The van der Waals surface area contributed by atoms with Gasteiger partial charge < -0.3 is 40.2 Å². The number of pyridine rings is 3. The first-order valence-electron chi connectivity index (χ1n) is 21.6. The fourth-order valence-electron chi connectivity index (χ4n) is 8.62. The molecule has 5 N–H and O–H groups in total. The summed E-state index contributed by atoms with van der Waals surface area (Å²) >= 11 is 0. The number of benzene rings is 1. The highest BCUT2D eigenvalue weighted by molar-refractivity contribution is 7.90. The number of ketones is 1. The monoisotopic (exact) mass is 913 g/mol. The Bertz CT molecular complexity index is 2730. The molecule has 8 heterocycles. The molecule has 342 valence electrons. The van der Waals surface area contributed by atoms with E-state index < -0.39 is 44.5 Å². The summed E-state index contributed by atoms with van der Waals surface area (Å²) in [5.74, 6) is -2.10. The van der Waals surface area contributed by atoms with Crippen molar-refractivity contribution in [3.05, 3.63) is 90.0 Å². The van der Waals surface area contributed by atoms with Crippen molar-refractivity contribution in [2.24, 2.45) is 0 Å². The number of anilines is 4. The lowest BCUT2D eigenvalue weighted by molar-refractivity contribution is -0.137. The summed E-state index contributed by atoms with van der Waals surface area (Å²) in [6.07, 6.45) is 8.07. The molecule has 4 fully saturated rings. The number of carbonyl (C=O) groups excluding carboxylic acids is 3. The fourth-order valence-corrected chi connectivity index (χ4v) is 9.55. The van der Waals surface area contributed by atoms with E-state index in [1.165, 1.54) is 13.2 Å². The highest BCUT2D eigenvalue weighted by Gasteiger charge is 2.48. The number of amides is 2. The summed E-state index contributed by atoms with van der Waals surface area (Å²) in [7, 11) is -2.86. The molecule has 0 bridgehead atoms. The predicted molar refractivity (Wildman–Crippen MR) is 237 cm³/mol. The fraction of sp³-hybridized carbons (Fsp3) is 0.409. The lowest BCUT2D eigenvalue weighted by Crippen LogP contribution is -2.52. The Kier molecular flexibility index (Phi) is 11.9. The minimum Gasteiger partial charge on any atom is -0.389 e. The second-order valence-corrected chi connectivity index (χ2v) is 18.7. The van der Waals surface area contributed by atoms with Crippen LogP contribution in [0.1, 0.15) is 54.9 Å². The van der Waals surface area contributed by atoms with E-state index in [9.17, 15) is 27.9 Å².